The molecule has 0 atom stereocenters. The number of halogens is 1. The lowest BCUT2D eigenvalue weighted by atomic mass is 10.2. The van der Waals surface area contributed by atoms with Crippen molar-refractivity contribution >= 4 is 29.3 Å². The van der Waals surface area contributed by atoms with Crippen molar-refractivity contribution in [2.75, 3.05) is 13.2 Å². The molecule has 8 heteroatoms. The van der Waals surface area contributed by atoms with E-state index in [-0.39, 0.29) is 18.9 Å². The predicted molar refractivity (Wildman–Crippen MR) is 101 cm³/mol. The number of esters is 1. The number of carbonyl (C=O) groups is 1. The van der Waals surface area contributed by atoms with Gasteiger partial charge in [0.05, 0.1) is 5.02 Å². The molecule has 138 valence electrons. The van der Waals surface area contributed by atoms with Crippen LogP contribution in [0.5, 0.6) is 5.75 Å². The third kappa shape index (κ3) is 4.92. The Morgan fingerprint density at radius 2 is 1.85 bits per heavy atom. The van der Waals surface area contributed by atoms with Crippen LogP contribution in [0.15, 0.2) is 54.6 Å². The minimum absolute atomic E-state index is 0.0529. The van der Waals surface area contributed by atoms with E-state index >= 15 is 0 Å². The van der Waals surface area contributed by atoms with Crippen LogP contribution in [-0.2, 0) is 9.53 Å². The molecule has 0 radical (unpaired) electrons. The van der Waals surface area contributed by atoms with E-state index < -0.39 is 5.97 Å². The van der Waals surface area contributed by atoms with Crippen molar-refractivity contribution in [2.45, 2.75) is 6.92 Å². The highest BCUT2D eigenvalue weighted by atomic mass is 35.5. The van der Waals surface area contributed by atoms with Gasteiger partial charge in [-0.1, -0.05) is 54.1 Å². The van der Waals surface area contributed by atoms with Crippen molar-refractivity contribution in [3.8, 4) is 5.75 Å². The zero-order valence-electron chi connectivity index (χ0n) is 14.6. The number of ether oxygens (including phenoxy) is 2. The molecule has 2 aromatic carbocycles. The van der Waals surface area contributed by atoms with Crippen LogP contribution in [0.3, 0.4) is 0 Å². The zero-order valence-corrected chi connectivity index (χ0v) is 15.3. The van der Waals surface area contributed by atoms with E-state index in [0.717, 1.165) is 5.56 Å². The Morgan fingerprint density at radius 3 is 2.56 bits per heavy atom. The highest BCUT2D eigenvalue weighted by Gasteiger charge is 2.17. The first kappa shape index (κ1) is 18.6. The second-order valence-corrected chi connectivity index (χ2v) is 5.90. The van der Waals surface area contributed by atoms with Gasteiger partial charge in [-0.15, -0.1) is 5.10 Å². The van der Waals surface area contributed by atoms with E-state index in [1.165, 1.54) is 4.68 Å². The van der Waals surface area contributed by atoms with E-state index in [4.69, 9.17) is 21.1 Å². The predicted octanol–water partition coefficient (Wildman–Crippen LogP) is 3.26. The van der Waals surface area contributed by atoms with Crippen molar-refractivity contribution in [1.82, 2.24) is 20.2 Å². The summed E-state index contributed by atoms with van der Waals surface area (Å²) in [7, 11) is 0. The van der Waals surface area contributed by atoms with Gasteiger partial charge in [-0.05, 0) is 41.1 Å². The van der Waals surface area contributed by atoms with Crippen molar-refractivity contribution in [3.63, 3.8) is 0 Å². The molecule has 1 aromatic heterocycles. The average molecular weight is 385 g/mol. The topological polar surface area (TPSA) is 79.1 Å². The van der Waals surface area contributed by atoms with Crippen LogP contribution >= 0.6 is 11.6 Å². The highest BCUT2D eigenvalue weighted by Crippen LogP contribution is 2.23. The van der Waals surface area contributed by atoms with Crippen LogP contribution in [0.1, 0.15) is 11.4 Å². The molecule has 0 unspecified atom stereocenters. The summed E-state index contributed by atoms with van der Waals surface area (Å²) in [6, 6.07) is 16.5. The van der Waals surface area contributed by atoms with Crippen molar-refractivity contribution in [2.24, 2.45) is 0 Å². The fourth-order valence-electron chi connectivity index (χ4n) is 2.29. The molecule has 0 aliphatic rings. The maximum Gasteiger partial charge on any atom is 0.357 e. The van der Waals surface area contributed by atoms with E-state index in [1.54, 1.807) is 25.1 Å². The first-order valence-electron chi connectivity index (χ1n) is 8.21. The molecule has 0 saturated heterocycles. The second kappa shape index (κ2) is 8.95. The molecule has 1 heterocycles. The molecule has 0 aliphatic carbocycles. The van der Waals surface area contributed by atoms with Gasteiger partial charge >= 0.3 is 5.97 Å². The number of aromatic nitrogens is 4. The monoisotopic (exact) mass is 384 g/mol. The molecular formula is C19H17ClN4O3. The Bertz CT molecular complexity index is 941. The van der Waals surface area contributed by atoms with E-state index in [9.17, 15) is 4.79 Å². The van der Waals surface area contributed by atoms with Crippen molar-refractivity contribution in [1.29, 1.82) is 0 Å². The molecule has 3 rings (SSSR count). The minimum Gasteiger partial charge on any atom is -0.488 e. The maximum absolute atomic E-state index is 12.6. The molecule has 0 N–H and O–H groups in total. The van der Waals surface area contributed by atoms with Crippen LogP contribution in [-0.4, -0.2) is 39.4 Å². The number of benzene rings is 2. The summed E-state index contributed by atoms with van der Waals surface area (Å²) >= 11 is 6.02. The fourth-order valence-corrected chi connectivity index (χ4v) is 2.48. The average Bonchev–Trinajstić information content (AvgIpc) is 3.11. The third-order valence-corrected chi connectivity index (χ3v) is 3.89. The molecule has 3 aromatic rings. The molecule has 0 saturated carbocycles. The standard InChI is InChI=1S/C19H17ClN4O3/c1-14-21-22-23-24(14)17(13-15-7-3-2-4-8-15)19(25)27-12-11-26-18-10-6-5-9-16(18)20/h2-10,13H,11-12H2,1H3/b17-13-. The lowest BCUT2D eigenvalue weighted by molar-refractivity contribution is -0.137. The summed E-state index contributed by atoms with van der Waals surface area (Å²) in [4.78, 5) is 12.6. The number of carbonyl (C=O) groups excluding carboxylic acids is 1. The lowest BCUT2D eigenvalue weighted by Gasteiger charge is -2.10. The minimum atomic E-state index is -0.558. The summed E-state index contributed by atoms with van der Waals surface area (Å²) in [5, 5.41) is 11.8. The smallest absolute Gasteiger partial charge is 0.357 e. The van der Waals surface area contributed by atoms with Gasteiger partial charge in [0, 0.05) is 0 Å². The van der Waals surface area contributed by atoms with Gasteiger partial charge in [0.2, 0.25) is 0 Å². The number of aryl methyl sites for hydroxylation is 1. The normalized spacial score (nSPS) is 11.3. The molecule has 0 aliphatic heterocycles. The molecule has 27 heavy (non-hydrogen) atoms. The van der Waals surface area contributed by atoms with E-state index in [0.29, 0.717) is 16.6 Å². The van der Waals surface area contributed by atoms with E-state index in [2.05, 4.69) is 15.5 Å². The van der Waals surface area contributed by atoms with Crippen molar-refractivity contribution in [3.05, 3.63) is 71.0 Å². The van der Waals surface area contributed by atoms with Crippen LogP contribution in [0, 0.1) is 6.92 Å². The van der Waals surface area contributed by atoms with Crippen LogP contribution in [0.4, 0.5) is 0 Å². The SMILES string of the molecule is Cc1nnnn1/C(=C\c1ccccc1)C(=O)OCCOc1ccccc1Cl. The number of hydrogen-bond donors (Lipinski definition) is 0. The first-order valence-corrected chi connectivity index (χ1v) is 8.59. The summed E-state index contributed by atoms with van der Waals surface area (Å²) in [6.07, 6.45) is 1.67. The number of tetrazole rings is 1. The second-order valence-electron chi connectivity index (χ2n) is 5.49. The maximum atomic E-state index is 12.6. The molecule has 7 nitrogen and oxygen atoms in total. The van der Waals surface area contributed by atoms with Gasteiger partial charge in [0.15, 0.2) is 11.5 Å². The van der Waals surface area contributed by atoms with Crippen molar-refractivity contribution < 1.29 is 14.3 Å². The molecule has 0 amide bonds. The zero-order chi connectivity index (χ0) is 19.1. The first-order chi connectivity index (χ1) is 13.1. The summed E-state index contributed by atoms with van der Waals surface area (Å²) in [6.45, 7) is 1.92. The Hall–Kier alpha value is -3.19. The van der Waals surface area contributed by atoms with Crippen LogP contribution in [0.2, 0.25) is 5.02 Å². The molecule has 0 bridgehead atoms. The fraction of sp³-hybridized carbons (Fsp3) is 0.158. The Balaban J connectivity index is 1.68. The Morgan fingerprint density at radius 1 is 1.11 bits per heavy atom. The van der Waals surface area contributed by atoms with Gasteiger partial charge in [0.1, 0.15) is 19.0 Å². The summed E-state index contributed by atoms with van der Waals surface area (Å²) in [5.74, 6) is 0.449. The lowest BCUT2D eigenvalue weighted by Crippen LogP contribution is -2.18. The summed E-state index contributed by atoms with van der Waals surface area (Å²) in [5.41, 5.74) is 1.04. The van der Waals surface area contributed by atoms with Crippen LogP contribution < -0.4 is 4.74 Å². The van der Waals surface area contributed by atoms with Gasteiger partial charge in [-0.25, -0.2) is 4.79 Å². The summed E-state index contributed by atoms with van der Waals surface area (Å²) < 4.78 is 12.2. The number of rotatable bonds is 7. The van der Waals surface area contributed by atoms with Gasteiger partial charge < -0.3 is 9.47 Å². The van der Waals surface area contributed by atoms with Gasteiger partial charge in [-0.2, -0.15) is 4.68 Å². The van der Waals surface area contributed by atoms with Gasteiger partial charge in [0.25, 0.3) is 0 Å². The van der Waals surface area contributed by atoms with E-state index in [1.807, 2.05) is 42.5 Å². The largest absolute Gasteiger partial charge is 0.488 e. The number of hydrogen-bond acceptors (Lipinski definition) is 6. The Kier molecular flexibility index (Phi) is 6.17. The third-order valence-electron chi connectivity index (χ3n) is 3.58. The highest BCUT2D eigenvalue weighted by molar-refractivity contribution is 6.32. The molecule has 0 fully saturated rings. The molecular weight excluding hydrogens is 368 g/mol. The quantitative estimate of drug-likeness (QED) is 0.353. The van der Waals surface area contributed by atoms with Gasteiger partial charge in [-0.3, -0.25) is 0 Å². The number of nitrogens with zero attached hydrogens (tertiary/aromatic N) is 4. The van der Waals surface area contributed by atoms with Crippen LogP contribution in [0.25, 0.3) is 11.8 Å². The molecule has 0 spiro atoms. The number of para-hydroxylation sites is 1. The Labute approximate surface area is 161 Å².